The topological polar surface area (TPSA) is 122 Å². The maximum Gasteiger partial charge on any atom is 0.269 e. The number of methoxy groups -OCH3 is 1. The van der Waals surface area contributed by atoms with Crippen LogP contribution < -0.4 is 0 Å². The van der Waals surface area contributed by atoms with E-state index in [1.54, 1.807) is 25.6 Å². The molecule has 11 heteroatoms. The summed E-state index contributed by atoms with van der Waals surface area (Å²) in [5.74, 6) is 0.758. The highest BCUT2D eigenvalue weighted by Gasteiger charge is 2.19. The Bertz CT molecular complexity index is 894. The van der Waals surface area contributed by atoms with Gasteiger partial charge in [0.05, 0.1) is 10.2 Å². The molecule has 2 aromatic heterocycles. The summed E-state index contributed by atoms with van der Waals surface area (Å²) in [6.07, 6.45) is 2.54. The minimum absolute atomic E-state index is 0.00946. The number of ether oxygens (including phenoxy) is 1. The van der Waals surface area contributed by atoms with Crippen molar-refractivity contribution in [2.24, 2.45) is 0 Å². The monoisotopic (exact) mass is 390 g/mol. The van der Waals surface area contributed by atoms with E-state index in [1.165, 1.54) is 23.9 Å². The summed E-state index contributed by atoms with van der Waals surface area (Å²) in [6, 6.07) is 5.97. The van der Waals surface area contributed by atoms with Gasteiger partial charge in [0.1, 0.15) is 6.33 Å². The lowest BCUT2D eigenvalue weighted by molar-refractivity contribution is -0.384. The second kappa shape index (κ2) is 8.73. The minimum Gasteiger partial charge on any atom is -0.419 e. The van der Waals surface area contributed by atoms with Crippen LogP contribution in [0.15, 0.2) is 40.2 Å². The molecule has 3 aromatic rings. The molecule has 0 saturated carbocycles. The second-order valence-electron chi connectivity index (χ2n) is 5.66. The summed E-state index contributed by atoms with van der Waals surface area (Å²) >= 11 is 1.47. The molecule has 2 heterocycles. The van der Waals surface area contributed by atoms with Crippen LogP contribution in [0.5, 0.6) is 0 Å². The van der Waals surface area contributed by atoms with Gasteiger partial charge in [-0.25, -0.2) is 0 Å². The molecule has 1 unspecified atom stereocenters. The number of nitro groups is 1. The molecule has 0 radical (unpaired) electrons. The molecule has 27 heavy (non-hydrogen) atoms. The normalized spacial score (nSPS) is 12.2. The second-order valence-corrected chi connectivity index (χ2v) is 6.97. The third-order valence-corrected chi connectivity index (χ3v) is 4.81. The van der Waals surface area contributed by atoms with Gasteiger partial charge in [-0.05, 0) is 25.5 Å². The zero-order valence-electron chi connectivity index (χ0n) is 14.8. The SMILES string of the molecule is COCCCn1cnnc1SC(C)c1nnc(-c2ccc([N+](=O)[O-])cc2)o1. The Labute approximate surface area is 159 Å². The van der Waals surface area contributed by atoms with E-state index in [0.717, 1.165) is 18.1 Å². The maximum atomic E-state index is 10.7. The first-order valence-corrected chi connectivity index (χ1v) is 9.08. The predicted octanol–water partition coefficient (Wildman–Crippen LogP) is 3.13. The number of rotatable bonds is 9. The molecule has 1 aromatic carbocycles. The summed E-state index contributed by atoms with van der Waals surface area (Å²) in [7, 11) is 1.67. The first kappa shape index (κ1) is 19.0. The number of benzene rings is 1. The Hall–Kier alpha value is -2.79. The fraction of sp³-hybridized carbons (Fsp3) is 0.375. The third kappa shape index (κ3) is 4.68. The minimum atomic E-state index is -0.454. The number of thioether (sulfide) groups is 1. The van der Waals surface area contributed by atoms with Gasteiger partial charge in [-0.1, -0.05) is 11.8 Å². The van der Waals surface area contributed by atoms with Gasteiger partial charge in [0.15, 0.2) is 5.16 Å². The van der Waals surface area contributed by atoms with Crippen LogP contribution in [0.25, 0.3) is 11.5 Å². The van der Waals surface area contributed by atoms with Crippen LogP contribution in [0.4, 0.5) is 5.69 Å². The van der Waals surface area contributed by atoms with E-state index in [9.17, 15) is 10.1 Å². The highest BCUT2D eigenvalue weighted by molar-refractivity contribution is 7.99. The van der Waals surface area contributed by atoms with Gasteiger partial charge in [-0.2, -0.15) is 0 Å². The molecule has 0 spiro atoms. The molecule has 3 rings (SSSR count). The molecule has 0 fully saturated rings. The molecule has 0 aliphatic heterocycles. The zero-order valence-corrected chi connectivity index (χ0v) is 15.6. The number of nitro benzene ring substituents is 1. The largest absolute Gasteiger partial charge is 0.419 e. The molecule has 0 bridgehead atoms. The molecule has 0 amide bonds. The van der Waals surface area contributed by atoms with E-state index in [2.05, 4.69) is 20.4 Å². The van der Waals surface area contributed by atoms with Crippen LogP contribution in [0, 0.1) is 10.1 Å². The van der Waals surface area contributed by atoms with Crippen LogP contribution in [0.1, 0.15) is 24.5 Å². The summed E-state index contributed by atoms with van der Waals surface area (Å²) in [6.45, 7) is 3.36. The van der Waals surface area contributed by atoms with Crippen molar-refractivity contribution in [1.82, 2.24) is 25.0 Å². The molecule has 142 valence electrons. The predicted molar refractivity (Wildman–Crippen MR) is 97.2 cm³/mol. The average Bonchev–Trinajstić information content (AvgIpc) is 3.32. The number of hydrogen-bond acceptors (Lipinski definition) is 9. The van der Waals surface area contributed by atoms with Gasteiger partial charge in [-0.15, -0.1) is 20.4 Å². The summed E-state index contributed by atoms with van der Waals surface area (Å²) < 4.78 is 12.7. The standard InChI is InChI=1S/C16H18N6O4S/c1-11(27-16-20-17-10-21(16)8-3-9-25-2)14-18-19-15(26-14)12-4-6-13(7-5-12)22(23)24/h4-7,10-11H,3,8-9H2,1-2H3. The van der Waals surface area contributed by atoms with E-state index < -0.39 is 4.92 Å². The van der Waals surface area contributed by atoms with Crippen LogP contribution in [-0.4, -0.2) is 43.6 Å². The molecular weight excluding hydrogens is 372 g/mol. The van der Waals surface area contributed by atoms with Crippen molar-refractivity contribution in [2.75, 3.05) is 13.7 Å². The zero-order chi connectivity index (χ0) is 19.2. The lowest BCUT2D eigenvalue weighted by Gasteiger charge is -2.08. The number of hydrogen-bond donors (Lipinski definition) is 0. The van der Waals surface area contributed by atoms with E-state index in [0.29, 0.717) is 24.0 Å². The van der Waals surface area contributed by atoms with Gasteiger partial charge in [0.25, 0.3) is 5.69 Å². The Morgan fingerprint density at radius 3 is 2.78 bits per heavy atom. The van der Waals surface area contributed by atoms with Crippen LogP contribution >= 0.6 is 11.8 Å². The van der Waals surface area contributed by atoms with Crippen molar-refractivity contribution in [3.8, 4) is 11.5 Å². The quantitative estimate of drug-likeness (QED) is 0.235. The maximum absolute atomic E-state index is 10.7. The van der Waals surface area contributed by atoms with E-state index >= 15 is 0 Å². The van der Waals surface area contributed by atoms with E-state index in [1.807, 2.05) is 11.5 Å². The lowest BCUT2D eigenvalue weighted by atomic mass is 10.2. The fourth-order valence-corrected chi connectivity index (χ4v) is 3.20. The van der Waals surface area contributed by atoms with Crippen molar-refractivity contribution < 1.29 is 14.1 Å². The van der Waals surface area contributed by atoms with Crippen LogP contribution in [-0.2, 0) is 11.3 Å². The highest BCUT2D eigenvalue weighted by atomic mass is 32.2. The van der Waals surface area contributed by atoms with Crippen molar-refractivity contribution in [1.29, 1.82) is 0 Å². The van der Waals surface area contributed by atoms with Gasteiger partial charge in [0.2, 0.25) is 11.8 Å². The number of aromatic nitrogens is 5. The van der Waals surface area contributed by atoms with Crippen molar-refractivity contribution >= 4 is 17.4 Å². The molecule has 0 N–H and O–H groups in total. The molecule has 1 atom stereocenters. The van der Waals surface area contributed by atoms with Crippen LogP contribution in [0.2, 0.25) is 0 Å². The summed E-state index contributed by atoms with van der Waals surface area (Å²) in [4.78, 5) is 10.3. The number of aryl methyl sites for hydroxylation is 1. The molecule has 0 saturated heterocycles. The summed E-state index contributed by atoms with van der Waals surface area (Å²) in [5.41, 5.74) is 0.634. The van der Waals surface area contributed by atoms with Crippen LogP contribution in [0.3, 0.4) is 0 Å². The Morgan fingerprint density at radius 2 is 2.07 bits per heavy atom. The van der Waals surface area contributed by atoms with Crippen molar-refractivity contribution in [2.45, 2.75) is 30.3 Å². The first-order valence-electron chi connectivity index (χ1n) is 8.20. The van der Waals surface area contributed by atoms with Crippen molar-refractivity contribution in [3.05, 3.63) is 46.6 Å². The Morgan fingerprint density at radius 1 is 1.30 bits per heavy atom. The molecule has 10 nitrogen and oxygen atoms in total. The van der Waals surface area contributed by atoms with Gasteiger partial charge < -0.3 is 13.7 Å². The number of nitrogens with zero attached hydrogens (tertiary/aromatic N) is 6. The van der Waals surface area contributed by atoms with Crippen molar-refractivity contribution in [3.63, 3.8) is 0 Å². The fourth-order valence-electron chi connectivity index (χ4n) is 2.32. The molecule has 0 aliphatic carbocycles. The number of non-ortho nitro benzene ring substituents is 1. The van der Waals surface area contributed by atoms with E-state index in [4.69, 9.17) is 9.15 Å². The smallest absolute Gasteiger partial charge is 0.269 e. The van der Waals surface area contributed by atoms with Gasteiger partial charge in [-0.3, -0.25) is 10.1 Å². The third-order valence-electron chi connectivity index (χ3n) is 3.72. The Balaban J connectivity index is 1.67. The molecule has 0 aliphatic rings. The van der Waals surface area contributed by atoms with Gasteiger partial charge >= 0.3 is 0 Å². The summed E-state index contributed by atoms with van der Waals surface area (Å²) in [5, 5.41) is 27.6. The first-order chi connectivity index (χ1) is 13.1. The van der Waals surface area contributed by atoms with E-state index in [-0.39, 0.29) is 10.9 Å². The lowest BCUT2D eigenvalue weighted by Crippen LogP contribution is -2.03. The molecular formula is C16H18N6O4S. The average molecular weight is 390 g/mol. The Kier molecular flexibility index (Phi) is 6.14. The van der Waals surface area contributed by atoms with Gasteiger partial charge in [0, 0.05) is 38.0 Å². The highest BCUT2D eigenvalue weighted by Crippen LogP contribution is 2.34.